The number of aliphatic hydroxyl groups is 2. The molecule has 0 saturated carbocycles. The minimum atomic E-state index is -0.989. The Labute approximate surface area is 139 Å². The SMILES string of the molecule is CC1(C)Oc2ccc(C#N)cc2[C@@H](n2ccc(CO)cc2=O)[C@@H]1O. The van der Waals surface area contributed by atoms with Crippen LogP contribution in [-0.4, -0.2) is 26.5 Å². The van der Waals surface area contributed by atoms with E-state index in [1.165, 1.54) is 10.6 Å². The van der Waals surface area contributed by atoms with Crippen molar-refractivity contribution in [3.05, 3.63) is 63.6 Å². The Hall–Kier alpha value is -2.62. The highest BCUT2D eigenvalue weighted by molar-refractivity contribution is 5.46. The summed E-state index contributed by atoms with van der Waals surface area (Å²) in [4.78, 5) is 12.5. The molecule has 0 aliphatic carbocycles. The quantitative estimate of drug-likeness (QED) is 0.868. The van der Waals surface area contributed by atoms with Crippen LogP contribution in [0.5, 0.6) is 5.75 Å². The lowest BCUT2D eigenvalue weighted by molar-refractivity contribution is -0.0643. The molecule has 1 aliphatic rings. The van der Waals surface area contributed by atoms with Crippen molar-refractivity contribution in [3.63, 3.8) is 0 Å². The molecule has 24 heavy (non-hydrogen) atoms. The number of rotatable bonds is 2. The van der Waals surface area contributed by atoms with Gasteiger partial charge in [-0.15, -0.1) is 0 Å². The molecule has 6 heteroatoms. The van der Waals surface area contributed by atoms with E-state index in [9.17, 15) is 15.0 Å². The van der Waals surface area contributed by atoms with Gasteiger partial charge in [-0.05, 0) is 43.7 Å². The van der Waals surface area contributed by atoms with Crippen LogP contribution >= 0.6 is 0 Å². The van der Waals surface area contributed by atoms with Gasteiger partial charge in [0.1, 0.15) is 17.5 Å². The van der Waals surface area contributed by atoms with Gasteiger partial charge in [-0.1, -0.05) is 0 Å². The molecule has 2 aromatic rings. The van der Waals surface area contributed by atoms with E-state index in [1.807, 2.05) is 0 Å². The number of aliphatic hydroxyl groups excluding tert-OH is 2. The molecule has 0 fully saturated rings. The highest BCUT2D eigenvalue weighted by atomic mass is 16.5. The molecule has 1 aromatic carbocycles. The molecule has 1 aromatic heterocycles. The third-order valence-electron chi connectivity index (χ3n) is 4.34. The molecule has 2 heterocycles. The Morgan fingerprint density at radius 3 is 2.71 bits per heavy atom. The van der Waals surface area contributed by atoms with Gasteiger partial charge in [0.05, 0.1) is 24.3 Å². The number of nitriles is 1. The van der Waals surface area contributed by atoms with E-state index in [4.69, 9.17) is 10.00 Å². The number of nitrogens with zero attached hydrogens (tertiary/aromatic N) is 2. The average molecular weight is 326 g/mol. The second kappa shape index (κ2) is 5.78. The zero-order valence-electron chi connectivity index (χ0n) is 13.4. The maximum absolute atomic E-state index is 12.5. The highest BCUT2D eigenvalue weighted by Gasteiger charge is 2.44. The van der Waals surface area contributed by atoms with E-state index >= 15 is 0 Å². The van der Waals surface area contributed by atoms with Gasteiger partial charge in [-0.3, -0.25) is 4.79 Å². The smallest absolute Gasteiger partial charge is 0.251 e. The number of ether oxygens (including phenoxy) is 1. The van der Waals surface area contributed by atoms with Gasteiger partial charge in [0, 0.05) is 17.8 Å². The van der Waals surface area contributed by atoms with E-state index < -0.39 is 17.7 Å². The van der Waals surface area contributed by atoms with Crippen LogP contribution < -0.4 is 10.3 Å². The highest BCUT2D eigenvalue weighted by Crippen LogP contribution is 2.41. The summed E-state index contributed by atoms with van der Waals surface area (Å²) < 4.78 is 7.26. The standard InChI is InChI=1S/C18H18N2O4/c1-18(2)17(23)16(20-6-5-12(10-21)8-15(20)22)13-7-11(9-19)3-4-14(13)24-18/h3-8,16-17,21,23H,10H2,1-2H3/t16-,17+/m1/s1. The number of aromatic nitrogens is 1. The van der Waals surface area contributed by atoms with Crippen LogP contribution in [0.1, 0.15) is 36.6 Å². The number of pyridine rings is 1. The molecule has 0 amide bonds. The van der Waals surface area contributed by atoms with Gasteiger partial charge in [0.2, 0.25) is 0 Å². The van der Waals surface area contributed by atoms with Crippen molar-refractivity contribution in [2.24, 2.45) is 0 Å². The molecule has 2 N–H and O–H groups in total. The maximum atomic E-state index is 12.5. The summed E-state index contributed by atoms with van der Waals surface area (Å²) in [5.74, 6) is 0.535. The molecule has 3 rings (SSSR count). The maximum Gasteiger partial charge on any atom is 0.251 e. The van der Waals surface area contributed by atoms with Gasteiger partial charge in [-0.25, -0.2) is 0 Å². The van der Waals surface area contributed by atoms with E-state index in [0.29, 0.717) is 22.4 Å². The van der Waals surface area contributed by atoms with Crippen LogP contribution in [0.2, 0.25) is 0 Å². The van der Waals surface area contributed by atoms with Crippen LogP contribution in [0.15, 0.2) is 41.3 Å². The first kappa shape index (κ1) is 16.2. The van der Waals surface area contributed by atoms with Gasteiger partial charge in [0.25, 0.3) is 5.56 Å². The van der Waals surface area contributed by atoms with Crippen molar-refractivity contribution >= 4 is 0 Å². The lowest BCUT2D eigenvalue weighted by Crippen LogP contribution is -2.52. The lowest BCUT2D eigenvalue weighted by Gasteiger charge is -2.42. The van der Waals surface area contributed by atoms with E-state index in [2.05, 4.69) is 6.07 Å². The van der Waals surface area contributed by atoms with Gasteiger partial charge in [0.15, 0.2) is 0 Å². The summed E-state index contributed by atoms with van der Waals surface area (Å²) in [5, 5.41) is 29.1. The first-order valence-corrected chi connectivity index (χ1v) is 7.60. The topological polar surface area (TPSA) is 95.5 Å². The Bertz CT molecular complexity index is 879. The van der Waals surface area contributed by atoms with Crippen molar-refractivity contribution in [1.29, 1.82) is 5.26 Å². The van der Waals surface area contributed by atoms with Crippen LogP contribution in [0, 0.1) is 11.3 Å². The summed E-state index contributed by atoms with van der Waals surface area (Å²) in [6.45, 7) is 3.27. The van der Waals surface area contributed by atoms with Gasteiger partial charge >= 0.3 is 0 Å². The second-order valence-corrected chi connectivity index (χ2v) is 6.40. The molecule has 1 aliphatic heterocycles. The van der Waals surface area contributed by atoms with Crippen molar-refractivity contribution < 1.29 is 14.9 Å². The number of hydrogen-bond donors (Lipinski definition) is 2. The molecule has 0 spiro atoms. The molecule has 0 saturated heterocycles. The van der Waals surface area contributed by atoms with Crippen LogP contribution in [0.3, 0.4) is 0 Å². The summed E-state index contributed by atoms with van der Waals surface area (Å²) in [7, 11) is 0. The minimum absolute atomic E-state index is 0.229. The van der Waals surface area contributed by atoms with Crippen LogP contribution in [0.25, 0.3) is 0 Å². The van der Waals surface area contributed by atoms with E-state index in [1.54, 1.807) is 44.3 Å². The van der Waals surface area contributed by atoms with Crippen LogP contribution in [0.4, 0.5) is 0 Å². The first-order valence-electron chi connectivity index (χ1n) is 7.60. The Kier molecular flexibility index (Phi) is 3.91. The van der Waals surface area contributed by atoms with E-state index in [-0.39, 0.29) is 12.2 Å². The van der Waals surface area contributed by atoms with Gasteiger partial charge in [-0.2, -0.15) is 5.26 Å². The average Bonchev–Trinajstić information content (AvgIpc) is 2.56. The van der Waals surface area contributed by atoms with Crippen molar-refractivity contribution in [2.45, 2.75) is 38.2 Å². The Balaban J connectivity index is 2.22. The van der Waals surface area contributed by atoms with Crippen molar-refractivity contribution in [3.8, 4) is 11.8 Å². The minimum Gasteiger partial charge on any atom is -0.485 e. The zero-order valence-corrected chi connectivity index (χ0v) is 13.4. The molecular weight excluding hydrogens is 308 g/mol. The third-order valence-corrected chi connectivity index (χ3v) is 4.34. The molecule has 0 bridgehead atoms. The Morgan fingerprint density at radius 2 is 2.08 bits per heavy atom. The van der Waals surface area contributed by atoms with Gasteiger partial charge < -0.3 is 19.5 Å². The molecule has 124 valence electrons. The van der Waals surface area contributed by atoms with Crippen molar-refractivity contribution in [2.75, 3.05) is 0 Å². The summed E-state index contributed by atoms with van der Waals surface area (Å²) >= 11 is 0. The third kappa shape index (κ3) is 2.58. The van der Waals surface area contributed by atoms with E-state index in [0.717, 1.165) is 0 Å². The largest absolute Gasteiger partial charge is 0.485 e. The predicted molar refractivity (Wildman–Crippen MR) is 86.6 cm³/mol. The summed E-state index contributed by atoms with van der Waals surface area (Å²) in [6.07, 6.45) is 0.558. The fourth-order valence-electron chi connectivity index (χ4n) is 3.00. The summed E-state index contributed by atoms with van der Waals surface area (Å²) in [6, 6.07) is 9.29. The number of fused-ring (bicyclic) bond motifs is 1. The number of hydrogen-bond acceptors (Lipinski definition) is 5. The fourth-order valence-corrected chi connectivity index (χ4v) is 3.00. The van der Waals surface area contributed by atoms with Crippen molar-refractivity contribution in [1.82, 2.24) is 4.57 Å². The van der Waals surface area contributed by atoms with Crippen LogP contribution in [-0.2, 0) is 6.61 Å². The second-order valence-electron chi connectivity index (χ2n) is 6.40. The first-order chi connectivity index (χ1) is 11.4. The zero-order chi connectivity index (χ0) is 17.5. The molecular formula is C18H18N2O4. The molecule has 0 unspecified atom stereocenters. The fraction of sp³-hybridized carbons (Fsp3) is 0.333. The lowest BCUT2D eigenvalue weighted by atomic mass is 9.85. The Morgan fingerprint density at radius 1 is 1.33 bits per heavy atom. The molecule has 6 nitrogen and oxygen atoms in total. The predicted octanol–water partition coefficient (Wildman–Crippen LogP) is 1.33. The summed E-state index contributed by atoms with van der Waals surface area (Å²) in [5.41, 5.74) is 0.273. The number of benzene rings is 1. The normalized spacial score (nSPS) is 21.5. The monoisotopic (exact) mass is 326 g/mol. The molecule has 0 radical (unpaired) electrons. The molecule has 2 atom stereocenters.